The van der Waals surface area contributed by atoms with Crippen molar-refractivity contribution in [1.29, 1.82) is 0 Å². The van der Waals surface area contributed by atoms with Crippen LogP contribution in [0.15, 0.2) is 12.1 Å². The predicted molar refractivity (Wildman–Crippen MR) is 93.5 cm³/mol. The number of aliphatic carboxylic acids is 1. The fourth-order valence-electron chi connectivity index (χ4n) is 2.26. The quantitative estimate of drug-likeness (QED) is 0.387. The summed E-state index contributed by atoms with van der Waals surface area (Å²) in [6.45, 7) is 2.18. The van der Waals surface area contributed by atoms with Crippen LogP contribution < -0.4 is 9.84 Å². The van der Waals surface area contributed by atoms with Crippen LogP contribution in [0.25, 0.3) is 0 Å². The minimum Gasteiger partial charge on any atom is -0.546 e. The van der Waals surface area contributed by atoms with Crippen LogP contribution in [0.1, 0.15) is 58.3 Å². The molecule has 23 heavy (non-hydrogen) atoms. The molecule has 0 saturated carbocycles. The van der Waals surface area contributed by atoms with Crippen molar-refractivity contribution < 1.29 is 14.6 Å². The maximum atomic E-state index is 11.2. The third-order valence-corrected chi connectivity index (χ3v) is 4.59. The van der Waals surface area contributed by atoms with Gasteiger partial charge in [-0.2, -0.15) is 0 Å². The van der Waals surface area contributed by atoms with E-state index in [1.165, 1.54) is 37.8 Å². The Balaban J connectivity index is 2.47. The van der Waals surface area contributed by atoms with Crippen LogP contribution >= 0.6 is 34.8 Å². The lowest BCUT2D eigenvalue weighted by atomic mass is 10.1. The second-order valence-corrected chi connectivity index (χ2v) is 6.75. The third kappa shape index (κ3) is 7.65. The number of carboxylic acids is 1. The molecule has 0 aliphatic rings. The van der Waals surface area contributed by atoms with Crippen molar-refractivity contribution in [2.75, 3.05) is 0 Å². The summed E-state index contributed by atoms with van der Waals surface area (Å²) in [5.74, 6) is -1.05. The molecule has 130 valence electrons. The molecule has 0 spiro atoms. The lowest BCUT2D eigenvalue weighted by molar-refractivity contribution is -0.313. The zero-order valence-corrected chi connectivity index (χ0v) is 15.5. The Morgan fingerprint density at radius 1 is 1.00 bits per heavy atom. The van der Waals surface area contributed by atoms with Crippen LogP contribution in [0.2, 0.25) is 15.1 Å². The van der Waals surface area contributed by atoms with Crippen LogP contribution in [0.4, 0.5) is 0 Å². The first-order chi connectivity index (χ1) is 11.0. The second-order valence-electron chi connectivity index (χ2n) is 5.53. The van der Waals surface area contributed by atoms with Gasteiger partial charge in [0.05, 0.1) is 21.0 Å². The number of hydrogen-bond donors (Lipinski definition) is 0. The van der Waals surface area contributed by atoms with Gasteiger partial charge in [0.1, 0.15) is 11.9 Å². The average Bonchev–Trinajstić information content (AvgIpc) is 2.49. The Kier molecular flexibility index (Phi) is 9.77. The molecule has 0 heterocycles. The SMILES string of the molecule is CCCCCCCCCC(Oc1cc(Cl)c(Cl)cc1Cl)C(=O)[O-]. The Labute approximate surface area is 152 Å². The van der Waals surface area contributed by atoms with Crippen molar-refractivity contribution in [3.05, 3.63) is 27.2 Å². The number of carbonyl (C=O) groups excluding carboxylic acids is 1. The van der Waals surface area contributed by atoms with E-state index >= 15 is 0 Å². The zero-order valence-electron chi connectivity index (χ0n) is 13.2. The molecule has 1 rings (SSSR count). The normalized spacial score (nSPS) is 12.2. The predicted octanol–water partition coefficient (Wildman–Crippen LogP) is 5.28. The van der Waals surface area contributed by atoms with Gasteiger partial charge in [-0.3, -0.25) is 0 Å². The van der Waals surface area contributed by atoms with E-state index < -0.39 is 12.1 Å². The van der Waals surface area contributed by atoms with Crippen molar-refractivity contribution in [1.82, 2.24) is 0 Å². The van der Waals surface area contributed by atoms with Gasteiger partial charge < -0.3 is 14.6 Å². The number of hydrogen-bond acceptors (Lipinski definition) is 3. The van der Waals surface area contributed by atoms with E-state index in [-0.39, 0.29) is 15.8 Å². The number of rotatable bonds is 11. The van der Waals surface area contributed by atoms with Crippen molar-refractivity contribution in [3.63, 3.8) is 0 Å². The fourth-order valence-corrected chi connectivity index (χ4v) is 2.84. The summed E-state index contributed by atoms with van der Waals surface area (Å²) in [5, 5.41) is 12.0. The van der Waals surface area contributed by atoms with Crippen molar-refractivity contribution in [3.8, 4) is 5.75 Å². The molecule has 0 N–H and O–H groups in total. The maximum absolute atomic E-state index is 11.2. The standard InChI is InChI=1S/C17H23Cl3O3/c1-2-3-4-5-6-7-8-9-15(17(21)22)23-16-11-13(19)12(18)10-14(16)20/h10-11,15H,2-9H2,1H3,(H,21,22)/p-1. The summed E-state index contributed by atoms with van der Waals surface area (Å²) < 4.78 is 5.45. The molecule has 1 atom stereocenters. The van der Waals surface area contributed by atoms with Gasteiger partial charge in [-0.05, 0) is 18.9 Å². The van der Waals surface area contributed by atoms with Gasteiger partial charge in [0.2, 0.25) is 0 Å². The lowest BCUT2D eigenvalue weighted by Crippen LogP contribution is -2.39. The minimum atomic E-state index is -1.25. The fraction of sp³-hybridized carbons (Fsp3) is 0.588. The first kappa shape index (κ1) is 20.4. The summed E-state index contributed by atoms with van der Waals surface area (Å²) in [4.78, 5) is 11.2. The lowest BCUT2D eigenvalue weighted by Gasteiger charge is -2.21. The largest absolute Gasteiger partial charge is 0.546 e. The summed E-state index contributed by atoms with van der Waals surface area (Å²) in [6.07, 6.45) is 7.07. The highest BCUT2D eigenvalue weighted by molar-refractivity contribution is 6.43. The molecular formula is C17H22Cl3O3-. The second kappa shape index (κ2) is 11.0. The number of carbonyl (C=O) groups is 1. The van der Waals surface area contributed by atoms with E-state index in [4.69, 9.17) is 39.5 Å². The number of ether oxygens (including phenoxy) is 1. The molecule has 0 aromatic heterocycles. The molecule has 0 radical (unpaired) electrons. The summed E-state index contributed by atoms with van der Waals surface area (Å²) in [7, 11) is 0. The van der Waals surface area contributed by atoms with Crippen LogP contribution in [-0.4, -0.2) is 12.1 Å². The zero-order chi connectivity index (χ0) is 17.2. The van der Waals surface area contributed by atoms with Gasteiger partial charge in [-0.1, -0.05) is 80.3 Å². The molecule has 0 saturated heterocycles. The summed E-state index contributed by atoms with van der Waals surface area (Å²) >= 11 is 17.7. The van der Waals surface area contributed by atoms with Crippen LogP contribution in [0.3, 0.4) is 0 Å². The number of carboxylic acid groups (broad SMARTS) is 1. The molecule has 0 bridgehead atoms. The topological polar surface area (TPSA) is 49.4 Å². The number of benzene rings is 1. The highest BCUT2D eigenvalue weighted by Gasteiger charge is 2.15. The number of unbranched alkanes of at least 4 members (excludes halogenated alkanes) is 6. The molecule has 0 aliphatic carbocycles. The average molecular weight is 381 g/mol. The van der Waals surface area contributed by atoms with Crippen molar-refractivity contribution >= 4 is 40.8 Å². The van der Waals surface area contributed by atoms with E-state index in [9.17, 15) is 9.90 Å². The van der Waals surface area contributed by atoms with Gasteiger partial charge in [-0.25, -0.2) is 0 Å². The Morgan fingerprint density at radius 3 is 2.17 bits per heavy atom. The van der Waals surface area contributed by atoms with Gasteiger partial charge >= 0.3 is 0 Å². The van der Waals surface area contributed by atoms with E-state index in [1.807, 2.05) is 0 Å². The van der Waals surface area contributed by atoms with Crippen LogP contribution in [0, 0.1) is 0 Å². The van der Waals surface area contributed by atoms with E-state index in [0.29, 0.717) is 11.4 Å². The van der Waals surface area contributed by atoms with Crippen LogP contribution in [-0.2, 0) is 4.79 Å². The van der Waals surface area contributed by atoms with Gasteiger partial charge in [0.15, 0.2) is 0 Å². The number of halogens is 3. The van der Waals surface area contributed by atoms with Crippen molar-refractivity contribution in [2.24, 2.45) is 0 Å². The van der Waals surface area contributed by atoms with Crippen LogP contribution in [0.5, 0.6) is 5.75 Å². The molecule has 6 heteroatoms. The molecule has 1 aromatic rings. The summed E-state index contributed by atoms with van der Waals surface area (Å²) in [6, 6.07) is 2.85. The molecule has 3 nitrogen and oxygen atoms in total. The van der Waals surface area contributed by atoms with E-state index in [2.05, 4.69) is 6.92 Å². The van der Waals surface area contributed by atoms with Gasteiger partial charge in [0.25, 0.3) is 0 Å². The Hall–Kier alpha value is -0.640. The molecule has 1 aromatic carbocycles. The Morgan fingerprint density at radius 2 is 1.57 bits per heavy atom. The minimum absolute atomic E-state index is 0.207. The van der Waals surface area contributed by atoms with Crippen molar-refractivity contribution in [2.45, 2.75) is 64.4 Å². The Bertz CT molecular complexity index is 506. The van der Waals surface area contributed by atoms with E-state index in [1.54, 1.807) is 0 Å². The summed E-state index contributed by atoms with van der Waals surface area (Å²) in [5.41, 5.74) is 0. The first-order valence-electron chi connectivity index (χ1n) is 7.97. The molecule has 0 amide bonds. The van der Waals surface area contributed by atoms with Gasteiger partial charge in [-0.15, -0.1) is 0 Å². The monoisotopic (exact) mass is 379 g/mol. The molecule has 1 unspecified atom stereocenters. The highest BCUT2D eigenvalue weighted by atomic mass is 35.5. The van der Waals surface area contributed by atoms with Gasteiger partial charge in [0, 0.05) is 6.07 Å². The third-order valence-electron chi connectivity index (χ3n) is 3.58. The molecular weight excluding hydrogens is 359 g/mol. The smallest absolute Gasteiger partial charge is 0.140 e. The molecule has 0 aliphatic heterocycles. The first-order valence-corrected chi connectivity index (χ1v) is 9.11. The van der Waals surface area contributed by atoms with E-state index in [0.717, 1.165) is 19.3 Å². The maximum Gasteiger partial charge on any atom is 0.140 e. The highest BCUT2D eigenvalue weighted by Crippen LogP contribution is 2.34. The molecule has 0 fully saturated rings.